The number of hydrazine groups is 2. The van der Waals surface area contributed by atoms with E-state index in [0.717, 1.165) is 0 Å². The van der Waals surface area contributed by atoms with Gasteiger partial charge in [0.15, 0.2) is 5.76 Å². The van der Waals surface area contributed by atoms with Gasteiger partial charge in [0.25, 0.3) is 5.69 Å². The van der Waals surface area contributed by atoms with Crippen molar-refractivity contribution in [3.8, 4) is 0 Å². The highest BCUT2D eigenvalue weighted by molar-refractivity contribution is 5.92. The summed E-state index contributed by atoms with van der Waals surface area (Å²) in [6.07, 6.45) is 1.32. The van der Waals surface area contributed by atoms with Crippen molar-refractivity contribution in [1.29, 1.82) is 0 Å². The van der Waals surface area contributed by atoms with E-state index in [2.05, 4.69) is 21.7 Å². The summed E-state index contributed by atoms with van der Waals surface area (Å²) in [6.45, 7) is 0. The Morgan fingerprint density at radius 1 is 1.05 bits per heavy atom. The summed E-state index contributed by atoms with van der Waals surface area (Å²) < 4.78 is 4.83. The van der Waals surface area contributed by atoms with Crippen LogP contribution in [0.1, 0.15) is 10.6 Å². The van der Waals surface area contributed by atoms with Gasteiger partial charge in [0.2, 0.25) is 0 Å². The fourth-order valence-corrected chi connectivity index (χ4v) is 1.41. The molecule has 1 aromatic carbocycles. The SMILES string of the molecule is O=C(NNC(=O)c1ccco1)NNc1ccc([N+](=O)[O-])cc1. The molecule has 10 heteroatoms. The van der Waals surface area contributed by atoms with Gasteiger partial charge in [-0.3, -0.25) is 31.2 Å². The van der Waals surface area contributed by atoms with Crippen LogP contribution in [0.15, 0.2) is 47.1 Å². The van der Waals surface area contributed by atoms with E-state index in [1.54, 1.807) is 0 Å². The number of urea groups is 1. The summed E-state index contributed by atoms with van der Waals surface area (Å²) >= 11 is 0. The number of non-ortho nitro benzene ring substituents is 1. The number of nitrogens with zero attached hydrogens (tertiary/aromatic N) is 1. The van der Waals surface area contributed by atoms with E-state index in [9.17, 15) is 19.7 Å². The number of nitro groups is 1. The van der Waals surface area contributed by atoms with Crippen LogP contribution < -0.4 is 21.7 Å². The molecule has 114 valence electrons. The minimum Gasteiger partial charge on any atom is -0.459 e. The smallest absolute Gasteiger partial charge is 0.352 e. The second kappa shape index (κ2) is 6.74. The molecular formula is C12H11N5O5. The van der Waals surface area contributed by atoms with Gasteiger partial charge in [0, 0.05) is 12.1 Å². The Hall–Kier alpha value is -3.56. The minimum absolute atomic E-state index is 0.0450. The van der Waals surface area contributed by atoms with Gasteiger partial charge >= 0.3 is 11.9 Å². The maximum atomic E-state index is 11.5. The molecule has 4 N–H and O–H groups in total. The molecule has 22 heavy (non-hydrogen) atoms. The molecular weight excluding hydrogens is 294 g/mol. The molecule has 2 rings (SSSR count). The molecule has 0 radical (unpaired) electrons. The third kappa shape index (κ3) is 3.96. The number of nitrogens with one attached hydrogen (secondary N) is 4. The first kappa shape index (κ1) is 14.8. The molecule has 10 nitrogen and oxygen atoms in total. The molecule has 0 bridgehead atoms. The molecule has 0 aliphatic rings. The molecule has 0 saturated heterocycles. The molecule has 0 unspecified atom stereocenters. The van der Waals surface area contributed by atoms with Gasteiger partial charge in [-0.1, -0.05) is 0 Å². The van der Waals surface area contributed by atoms with Crippen LogP contribution in [-0.4, -0.2) is 16.9 Å². The normalized spacial score (nSPS) is 9.64. The van der Waals surface area contributed by atoms with Crippen molar-refractivity contribution in [2.45, 2.75) is 0 Å². The number of carbonyl (C=O) groups is 2. The number of hydrogen-bond donors (Lipinski definition) is 4. The highest BCUT2D eigenvalue weighted by Crippen LogP contribution is 2.14. The molecule has 2 aromatic rings. The van der Waals surface area contributed by atoms with E-state index in [4.69, 9.17) is 4.42 Å². The number of rotatable bonds is 4. The molecule has 0 aliphatic heterocycles. The van der Waals surface area contributed by atoms with E-state index in [1.807, 2.05) is 0 Å². The zero-order valence-electron chi connectivity index (χ0n) is 11.0. The lowest BCUT2D eigenvalue weighted by Gasteiger charge is -2.09. The zero-order chi connectivity index (χ0) is 15.9. The van der Waals surface area contributed by atoms with Crippen LogP contribution in [0.3, 0.4) is 0 Å². The van der Waals surface area contributed by atoms with Crippen molar-refractivity contribution in [2.75, 3.05) is 5.43 Å². The van der Waals surface area contributed by atoms with Crippen molar-refractivity contribution >= 4 is 23.3 Å². The standard InChI is InChI=1S/C12H11N5O5/c18-11(10-2-1-7-22-10)14-16-12(19)15-13-8-3-5-9(6-4-8)17(20)21/h1-7,13H,(H,14,18)(H2,15,16,19). The average Bonchev–Trinajstić information content (AvgIpc) is 3.05. The number of benzene rings is 1. The maximum Gasteiger partial charge on any atom is 0.352 e. The van der Waals surface area contributed by atoms with Crippen molar-refractivity contribution in [1.82, 2.24) is 16.3 Å². The number of nitro benzene ring substituents is 1. The molecule has 0 spiro atoms. The molecule has 0 saturated carbocycles. The first-order valence-electron chi connectivity index (χ1n) is 5.96. The largest absolute Gasteiger partial charge is 0.459 e. The number of carbonyl (C=O) groups excluding carboxylic acids is 2. The van der Waals surface area contributed by atoms with Gasteiger partial charge in [-0.25, -0.2) is 10.2 Å². The summed E-state index contributed by atoms with van der Waals surface area (Å²) in [5.74, 6) is -0.570. The van der Waals surface area contributed by atoms with Crippen molar-refractivity contribution in [2.24, 2.45) is 0 Å². The Balaban J connectivity index is 1.75. The second-order valence-corrected chi connectivity index (χ2v) is 3.94. The Labute approximate surface area is 123 Å². The van der Waals surface area contributed by atoms with Gasteiger partial charge in [0.05, 0.1) is 16.9 Å². The van der Waals surface area contributed by atoms with Crippen LogP contribution in [0.2, 0.25) is 0 Å². The predicted octanol–water partition coefficient (Wildman–Crippen LogP) is 1.16. The average molecular weight is 305 g/mol. The Bertz CT molecular complexity index is 668. The third-order valence-corrected chi connectivity index (χ3v) is 2.43. The highest BCUT2D eigenvalue weighted by atomic mass is 16.6. The van der Waals surface area contributed by atoms with Crippen LogP contribution in [0.5, 0.6) is 0 Å². The fraction of sp³-hybridized carbons (Fsp3) is 0. The van der Waals surface area contributed by atoms with Crippen LogP contribution in [-0.2, 0) is 0 Å². The topological polar surface area (TPSA) is 139 Å². The lowest BCUT2D eigenvalue weighted by atomic mass is 10.3. The van der Waals surface area contributed by atoms with E-state index >= 15 is 0 Å². The van der Waals surface area contributed by atoms with Gasteiger partial charge in [-0.15, -0.1) is 0 Å². The number of hydrogen-bond acceptors (Lipinski definition) is 6. The molecule has 3 amide bonds. The van der Waals surface area contributed by atoms with Crippen molar-refractivity contribution in [3.63, 3.8) is 0 Å². The van der Waals surface area contributed by atoms with Gasteiger partial charge in [0.1, 0.15) is 0 Å². The van der Waals surface area contributed by atoms with E-state index in [0.29, 0.717) is 5.69 Å². The maximum absolute atomic E-state index is 11.5. The minimum atomic E-state index is -0.738. The zero-order valence-corrected chi connectivity index (χ0v) is 11.0. The number of anilines is 1. The van der Waals surface area contributed by atoms with E-state index in [-0.39, 0.29) is 11.4 Å². The highest BCUT2D eigenvalue weighted by Gasteiger charge is 2.09. The van der Waals surface area contributed by atoms with Gasteiger partial charge in [-0.05, 0) is 24.3 Å². The van der Waals surface area contributed by atoms with Gasteiger partial charge < -0.3 is 4.42 Å². The third-order valence-electron chi connectivity index (χ3n) is 2.43. The first-order valence-corrected chi connectivity index (χ1v) is 5.96. The predicted molar refractivity (Wildman–Crippen MR) is 74.6 cm³/mol. The Kier molecular flexibility index (Phi) is 4.55. The summed E-state index contributed by atoms with van der Waals surface area (Å²) in [5, 5.41) is 10.5. The molecule has 0 atom stereocenters. The van der Waals surface area contributed by atoms with Crippen molar-refractivity contribution < 1.29 is 18.9 Å². The van der Waals surface area contributed by atoms with Crippen LogP contribution >= 0.6 is 0 Å². The summed E-state index contributed by atoms with van der Waals surface area (Å²) in [6, 6.07) is 7.62. The summed E-state index contributed by atoms with van der Waals surface area (Å²) in [7, 11) is 0. The summed E-state index contributed by atoms with van der Waals surface area (Å²) in [4.78, 5) is 32.8. The Morgan fingerprint density at radius 3 is 2.36 bits per heavy atom. The second-order valence-electron chi connectivity index (χ2n) is 3.94. The fourth-order valence-electron chi connectivity index (χ4n) is 1.41. The lowest BCUT2D eigenvalue weighted by molar-refractivity contribution is -0.384. The molecule has 0 aliphatic carbocycles. The molecule has 0 fully saturated rings. The van der Waals surface area contributed by atoms with Crippen molar-refractivity contribution in [3.05, 3.63) is 58.5 Å². The number of furan rings is 1. The van der Waals surface area contributed by atoms with Gasteiger partial charge in [-0.2, -0.15) is 0 Å². The Morgan fingerprint density at radius 2 is 1.77 bits per heavy atom. The van der Waals surface area contributed by atoms with E-state index < -0.39 is 16.9 Å². The number of amides is 3. The first-order chi connectivity index (χ1) is 10.6. The quantitative estimate of drug-likeness (QED) is 0.494. The van der Waals surface area contributed by atoms with E-state index in [1.165, 1.54) is 42.7 Å². The summed E-state index contributed by atoms with van der Waals surface area (Å²) in [5.41, 5.74) is 9.31. The molecule has 1 heterocycles. The van der Waals surface area contributed by atoms with Crippen LogP contribution in [0.25, 0.3) is 0 Å². The monoisotopic (exact) mass is 305 g/mol. The lowest BCUT2D eigenvalue weighted by Crippen LogP contribution is -2.48. The van der Waals surface area contributed by atoms with Crippen LogP contribution in [0, 0.1) is 10.1 Å². The molecule has 1 aromatic heterocycles. The van der Waals surface area contributed by atoms with Crippen LogP contribution in [0.4, 0.5) is 16.2 Å².